The van der Waals surface area contributed by atoms with Crippen LogP contribution in [0.3, 0.4) is 0 Å². The zero-order valence-corrected chi connectivity index (χ0v) is 12.1. The van der Waals surface area contributed by atoms with Crippen molar-refractivity contribution in [3.63, 3.8) is 0 Å². The van der Waals surface area contributed by atoms with Gasteiger partial charge in [-0.05, 0) is 40.6 Å². The van der Waals surface area contributed by atoms with Gasteiger partial charge in [0.25, 0.3) is 0 Å². The molecule has 0 unspecified atom stereocenters. The molecular weight excluding hydrogens is 299 g/mol. The molecule has 0 atom stereocenters. The smallest absolute Gasteiger partial charge is 0.384 e. The van der Waals surface area contributed by atoms with E-state index in [9.17, 15) is 13.2 Å². The Balaban J connectivity index is 2.33. The summed E-state index contributed by atoms with van der Waals surface area (Å²) in [5, 5.41) is 11.3. The van der Waals surface area contributed by atoms with Crippen LogP contribution in [0, 0.1) is 5.41 Å². The third-order valence-corrected chi connectivity index (χ3v) is 3.77. The predicted molar refractivity (Wildman–Crippen MR) is 78.9 cm³/mol. The summed E-state index contributed by atoms with van der Waals surface area (Å²) in [5.41, 5.74) is 5.76. The first-order valence-corrected chi connectivity index (χ1v) is 7.01. The highest BCUT2D eigenvalue weighted by Gasteiger charge is 2.34. The van der Waals surface area contributed by atoms with Gasteiger partial charge in [0.15, 0.2) is 0 Å². The first-order valence-electron chi connectivity index (χ1n) is 6.07. The number of hydrogen-bond donors (Lipinski definition) is 2. The second-order valence-corrected chi connectivity index (χ2v) is 5.41. The van der Waals surface area contributed by atoms with Crippen molar-refractivity contribution in [3.05, 3.63) is 51.7 Å². The van der Waals surface area contributed by atoms with Crippen LogP contribution in [-0.2, 0) is 12.7 Å². The van der Waals surface area contributed by atoms with Crippen LogP contribution in [0.1, 0.15) is 16.7 Å². The second kappa shape index (κ2) is 5.77. The Labute approximate surface area is 124 Å². The molecular formula is C14H14F3N3S. The lowest BCUT2D eigenvalue weighted by Crippen LogP contribution is -2.21. The maximum absolute atomic E-state index is 12.9. The third kappa shape index (κ3) is 3.55. The van der Waals surface area contributed by atoms with Gasteiger partial charge in [0, 0.05) is 24.8 Å². The van der Waals surface area contributed by atoms with Crippen molar-refractivity contribution >= 4 is 22.9 Å². The average molecular weight is 313 g/mol. The van der Waals surface area contributed by atoms with Gasteiger partial charge in [-0.1, -0.05) is 0 Å². The number of nitrogens with two attached hydrogens (primary N) is 1. The molecule has 21 heavy (non-hydrogen) atoms. The molecule has 3 nitrogen and oxygen atoms in total. The van der Waals surface area contributed by atoms with E-state index in [4.69, 9.17) is 11.1 Å². The van der Waals surface area contributed by atoms with Crippen molar-refractivity contribution in [3.8, 4) is 0 Å². The molecule has 0 amide bonds. The Bertz CT molecular complexity index is 635. The summed E-state index contributed by atoms with van der Waals surface area (Å²) < 4.78 is 38.6. The molecule has 0 aliphatic rings. The number of nitrogens with zero attached hydrogens (tertiary/aromatic N) is 1. The number of nitrogen functional groups attached to an aromatic ring is 1. The Morgan fingerprint density at radius 1 is 1.33 bits per heavy atom. The molecule has 0 spiro atoms. The lowest BCUT2D eigenvalue weighted by atomic mass is 10.0. The van der Waals surface area contributed by atoms with Gasteiger partial charge >= 0.3 is 6.18 Å². The van der Waals surface area contributed by atoms with Gasteiger partial charge in [-0.25, -0.2) is 0 Å². The highest BCUT2D eigenvalue weighted by Crippen LogP contribution is 2.34. The quantitative estimate of drug-likeness (QED) is 0.668. The van der Waals surface area contributed by atoms with Gasteiger partial charge < -0.3 is 10.6 Å². The normalized spacial score (nSPS) is 11.4. The van der Waals surface area contributed by atoms with Crippen LogP contribution in [0.4, 0.5) is 18.9 Å². The topological polar surface area (TPSA) is 53.1 Å². The molecule has 0 radical (unpaired) electrons. The highest BCUT2D eigenvalue weighted by atomic mass is 32.1. The van der Waals surface area contributed by atoms with E-state index >= 15 is 0 Å². The van der Waals surface area contributed by atoms with Crippen molar-refractivity contribution in [2.75, 3.05) is 11.9 Å². The second-order valence-electron chi connectivity index (χ2n) is 4.63. The summed E-state index contributed by atoms with van der Waals surface area (Å²) in [5.74, 6) is -0.590. The van der Waals surface area contributed by atoms with Gasteiger partial charge in [0.2, 0.25) is 0 Å². The molecule has 3 N–H and O–H groups in total. The van der Waals surface area contributed by atoms with E-state index in [0.29, 0.717) is 12.2 Å². The molecule has 0 bridgehead atoms. The van der Waals surface area contributed by atoms with Gasteiger partial charge in [0.05, 0.1) is 5.56 Å². The van der Waals surface area contributed by atoms with Crippen LogP contribution < -0.4 is 10.6 Å². The van der Waals surface area contributed by atoms with E-state index in [1.165, 1.54) is 12.1 Å². The van der Waals surface area contributed by atoms with Crippen molar-refractivity contribution in [2.45, 2.75) is 12.7 Å². The van der Waals surface area contributed by atoms with Crippen LogP contribution in [0.15, 0.2) is 35.0 Å². The van der Waals surface area contributed by atoms with Crippen LogP contribution in [-0.4, -0.2) is 12.9 Å². The lowest BCUT2D eigenvalue weighted by Gasteiger charge is -2.21. The number of hydrogen-bond acceptors (Lipinski definition) is 3. The first kappa shape index (κ1) is 15.4. The van der Waals surface area contributed by atoms with Crippen LogP contribution in [0.5, 0.6) is 0 Å². The Kier molecular flexibility index (Phi) is 4.22. The minimum Gasteiger partial charge on any atom is -0.384 e. The largest absolute Gasteiger partial charge is 0.417 e. The van der Waals surface area contributed by atoms with Gasteiger partial charge in [-0.15, -0.1) is 0 Å². The number of anilines is 1. The zero-order valence-electron chi connectivity index (χ0n) is 11.2. The molecule has 112 valence electrons. The van der Waals surface area contributed by atoms with Crippen LogP contribution in [0.25, 0.3) is 0 Å². The number of alkyl halides is 3. The number of amidine groups is 1. The molecule has 0 saturated heterocycles. The van der Waals surface area contributed by atoms with Gasteiger partial charge in [0.1, 0.15) is 5.84 Å². The standard InChI is InChI=1S/C14H14F3N3S/c1-20(7-9-4-5-21-8-9)10-2-3-12(14(15,16)17)11(6-10)13(18)19/h2-6,8H,7H2,1H3,(H3,18,19). The molecule has 1 heterocycles. The van der Waals surface area contributed by atoms with Crippen molar-refractivity contribution < 1.29 is 13.2 Å². The van der Waals surface area contributed by atoms with E-state index in [1.54, 1.807) is 18.4 Å². The predicted octanol–water partition coefficient (Wildman–Crippen LogP) is 3.69. The maximum atomic E-state index is 12.9. The Morgan fingerprint density at radius 2 is 2.05 bits per heavy atom. The van der Waals surface area contributed by atoms with Crippen LogP contribution >= 0.6 is 11.3 Å². The molecule has 0 fully saturated rings. The number of halogens is 3. The Hall–Kier alpha value is -2.02. The number of benzene rings is 1. The molecule has 2 aromatic rings. The van der Waals surface area contributed by atoms with Crippen molar-refractivity contribution in [1.82, 2.24) is 0 Å². The van der Waals surface area contributed by atoms with Gasteiger partial charge in [-0.3, -0.25) is 5.41 Å². The van der Waals surface area contributed by atoms with E-state index in [-0.39, 0.29) is 5.56 Å². The third-order valence-electron chi connectivity index (χ3n) is 3.04. The van der Waals surface area contributed by atoms with Crippen molar-refractivity contribution in [1.29, 1.82) is 5.41 Å². The fourth-order valence-corrected chi connectivity index (χ4v) is 2.65. The molecule has 0 aliphatic carbocycles. The molecule has 1 aromatic heterocycles. The van der Waals surface area contributed by atoms with E-state index in [1.807, 2.05) is 21.7 Å². The van der Waals surface area contributed by atoms with Crippen LogP contribution in [0.2, 0.25) is 0 Å². The summed E-state index contributed by atoms with van der Waals surface area (Å²) in [6.07, 6.45) is -4.52. The molecule has 1 aromatic carbocycles. The summed E-state index contributed by atoms with van der Waals surface area (Å²) >= 11 is 1.56. The fourth-order valence-electron chi connectivity index (χ4n) is 1.99. The van der Waals surface area contributed by atoms with Gasteiger partial charge in [-0.2, -0.15) is 24.5 Å². The highest BCUT2D eigenvalue weighted by molar-refractivity contribution is 7.07. The number of nitrogens with one attached hydrogen (secondary N) is 1. The van der Waals surface area contributed by atoms with E-state index in [0.717, 1.165) is 11.6 Å². The SMILES string of the molecule is CN(Cc1ccsc1)c1ccc(C(F)(F)F)c(C(=N)N)c1. The van der Waals surface area contributed by atoms with E-state index in [2.05, 4.69) is 0 Å². The summed E-state index contributed by atoms with van der Waals surface area (Å²) in [6.45, 7) is 0.576. The minimum atomic E-state index is -4.52. The molecule has 0 saturated carbocycles. The summed E-state index contributed by atoms with van der Waals surface area (Å²) in [6, 6.07) is 5.62. The lowest BCUT2D eigenvalue weighted by molar-refractivity contribution is -0.137. The fraction of sp³-hybridized carbons (Fsp3) is 0.214. The maximum Gasteiger partial charge on any atom is 0.417 e. The minimum absolute atomic E-state index is 0.294. The number of thiophene rings is 1. The average Bonchev–Trinajstić information content (AvgIpc) is 2.89. The molecule has 2 rings (SSSR count). The monoisotopic (exact) mass is 313 g/mol. The zero-order chi connectivity index (χ0) is 15.6. The first-order chi connectivity index (χ1) is 9.79. The summed E-state index contributed by atoms with van der Waals surface area (Å²) in [7, 11) is 1.78. The van der Waals surface area contributed by atoms with E-state index < -0.39 is 17.6 Å². The number of rotatable bonds is 4. The molecule has 7 heteroatoms. The summed E-state index contributed by atoms with van der Waals surface area (Å²) in [4.78, 5) is 1.81. The van der Waals surface area contributed by atoms with Crippen molar-refractivity contribution in [2.24, 2.45) is 5.73 Å². The Morgan fingerprint density at radius 3 is 2.57 bits per heavy atom. The molecule has 0 aliphatic heterocycles.